The Morgan fingerprint density at radius 2 is 1.87 bits per heavy atom. The van der Waals surface area contributed by atoms with Crippen LogP contribution in [0.3, 0.4) is 0 Å². The van der Waals surface area contributed by atoms with E-state index >= 15 is 0 Å². The zero-order valence-electron chi connectivity index (χ0n) is 7.49. The predicted octanol–water partition coefficient (Wildman–Crippen LogP) is 2.66. The van der Waals surface area contributed by atoms with Gasteiger partial charge >= 0.3 is 0 Å². The molecule has 0 aliphatic carbocycles. The minimum Gasteiger partial charge on any atom is -0.313 e. The first kappa shape index (κ1) is 10.3. The molecule has 1 aromatic rings. The third kappa shape index (κ3) is 2.40. The summed E-state index contributed by atoms with van der Waals surface area (Å²) in [4.78, 5) is 22.1. The molecule has 1 heterocycles. The van der Waals surface area contributed by atoms with Crippen molar-refractivity contribution in [3.05, 3.63) is 40.5 Å². The van der Waals surface area contributed by atoms with E-state index in [2.05, 4.69) is 5.32 Å². The standard InChI is InChI=1S/C10H6ClNO2S/c11-7-3-1-6(2-4-7)5-8-9(13)15-10(14)12-8/h1-5H,(H,12,14). The monoisotopic (exact) mass is 239 g/mol. The zero-order chi connectivity index (χ0) is 10.8. The van der Waals surface area contributed by atoms with Crippen molar-refractivity contribution < 1.29 is 9.59 Å². The van der Waals surface area contributed by atoms with Crippen molar-refractivity contribution in [1.82, 2.24) is 5.32 Å². The van der Waals surface area contributed by atoms with E-state index in [-0.39, 0.29) is 10.4 Å². The second-order valence-electron chi connectivity index (χ2n) is 2.91. The fourth-order valence-corrected chi connectivity index (χ4v) is 1.82. The maximum absolute atomic E-state index is 11.2. The number of hydrogen-bond acceptors (Lipinski definition) is 3. The number of rotatable bonds is 1. The molecule has 0 unspecified atom stereocenters. The molecule has 15 heavy (non-hydrogen) atoms. The van der Waals surface area contributed by atoms with E-state index in [4.69, 9.17) is 11.6 Å². The lowest BCUT2D eigenvalue weighted by atomic mass is 10.2. The van der Waals surface area contributed by atoms with Crippen LogP contribution >= 0.6 is 23.4 Å². The fourth-order valence-electron chi connectivity index (χ4n) is 1.15. The molecule has 1 fully saturated rings. The third-order valence-corrected chi connectivity index (χ3v) is 2.77. The molecule has 1 aliphatic rings. The Bertz CT molecular complexity index is 453. The summed E-state index contributed by atoms with van der Waals surface area (Å²) in [6.45, 7) is 0. The maximum Gasteiger partial charge on any atom is 0.291 e. The molecule has 0 spiro atoms. The molecular weight excluding hydrogens is 234 g/mol. The van der Waals surface area contributed by atoms with Crippen molar-refractivity contribution in [3.8, 4) is 0 Å². The smallest absolute Gasteiger partial charge is 0.291 e. The summed E-state index contributed by atoms with van der Waals surface area (Å²) in [6.07, 6.45) is 1.62. The minimum absolute atomic E-state index is 0.255. The highest BCUT2D eigenvalue weighted by atomic mass is 35.5. The molecule has 0 aromatic heterocycles. The number of halogens is 1. The molecule has 0 radical (unpaired) electrons. The summed E-state index contributed by atoms with van der Waals surface area (Å²) in [6, 6.07) is 7.00. The number of nitrogens with one attached hydrogen (secondary N) is 1. The van der Waals surface area contributed by atoms with Crippen LogP contribution in [0.15, 0.2) is 30.0 Å². The van der Waals surface area contributed by atoms with Crippen molar-refractivity contribution >= 4 is 39.8 Å². The van der Waals surface area contributed by atoms with Gasteiger partial charge in [-0.05, 0) is 23.8 Å². The highest BCUT2D eigenvalue weighted by molar-refractivity contribution is 8.27. The Labute approximate surface area is 95.5 Å². The quantitative estimate of drug-likeness (QED) is 0.767. The van der Waals surface area contributed by atoms with Gasteiger partial charge in [-0.2, -0.15) is 0 Å². The summed E-state index contributed by atoms with van der Waals surface area (Å²) in [5.74, 6) is 0. The Balaban J connectivity index is 2.27. The minimum atomic E-state index is -0.333. The van der Waals surface area contributed by atoms with Gasteiger partial charge in [0, 0.05) is 16.8 Å². The Morgan fingerprint density at radius 1 is 1.20 bits per heavy atom. The lowest BCUT2D eigenvalue weighted by Crippen LogP contribution is -2.10. The molecule has 3 nitrogen and oxygen atoms in total. The largest absolute Gasteiger partial charge is 0.313 e. The van der Waals surface area contributed by atoms with Crippen molar-refractivity contribution in [2.75, 3.05) is 0 Å². The second-order valence-corrected chi connectivity index (χ2v) is 4.29. The summed E-state index contributed by atoms with van der Waals surface area (Å²) in [7, 11) is 0. The van der Waals surface area contributed by atoms with Crippen LogP contribution in [0, 0.1) is 0 Å². The van der Waals surface area contributed by atoms with Crippen molar-refractivity contribution in [2.24, 2.45) is 0 Å². The van der Waals surface area contributed by atoms with Gasteiger partial charge in [-0.3, -0.25) is 9.59 Å². The fraction of sp³-hybridized carbons (Fsp3) is 0. The van der Waals surface area contributed by atoms with Crippen LogP contribution in [0.2, 0.25) is 5.02 Å². The van der Waals surface area contributed by atoms with E-state index in [0.29, 0.717) is 22.5 Å². The van der Waals surface area contributed by atoms with Gasteiger partial charge in [0.15, 0.2) is 0 Å². The third-order valence-electron chi connectivity index (χ3n) is 1.82. The molecule has 1 N–H and O–H groups in total. The number of carbonyl (C=O) groups is 2. The molecule has 0 saturated carbocycles. The van der Waals surface area contributed by atoms with Gasteiger partial charge in [-0.25, -0.2) is 0 Å². The molecule has 1 amide bonds. The van der Waals surface area contributed by atoms with Crippen LogP contribution < -0.4 is 5.32 Å². The van der Waals surface area contributed by atoms with Gasteiger partial charge in [0.25, 0.3) is 5.24 Å². The second kappa shape index (κ2) is 4.08. The summed E-state index contributed by atoms with van der Waals surface area (Å²) < 4.78 is 0. The van der Waals surface area contributed by atoms with Gasteiger partial charge in [0.2, 0.25) is 5.12 Å². The molecule has 1 aliphatic heterocycles. The van der Waals surface area contributed by atoms with Gasteiger partial charge in [0.05, 0.1) is 5.70 Å². The van der Waals surface area contributed by atoms with E-state index < -0.39 is 0 Å². The summed E-state index contributed by atoms with van der Waals surface area (Å²) >= 11 is 6.39. The Kier molecular flexibility index (Phi) is 2.79. The first-order valence-electron chi connectivity index (χ1n) is 4.15. The van der Waals surface area contributed by atoms with E-state index in [1.165, 1.54) is 0 Å². The molecular formula is C10H6ClNO2S. The van der Waals surface area contributed by atoms with Crippen LogP contribution in [-0.4, -0.2) is 10.4 Å². The maximum atomic E-state index is 11.2. The first-order valence-corrected chi connectivity index (χ1v) is 5.35. The van der Waals surface area contributed by atoms with Gasteiger partial charge in [-0.15, -0.1) is 0 Å². The lowest BCUT2D eigenvalue weighted by Gasteiger charge is -1.96. The molecule has 2 rings (SSSR count). The predicted molar refractivity (Wildman–Crippen MR) is 60.6 cm³/mol. The van der Waals surface area contributed by atoms with E-state index in [9.17, 15) is 9.59 Å². The van der Waals surface area contributed by atoms with Gasteiger partial charge in [0.1, 0.15) is 0 Å². The van der Waals surface area contributed by atoms with Crippen molar-refractivity contribution in [2.45, 2.75) is 0 Å². The highest BCUT2D eigenvalue weighted by Gasteiger charge is 2.24. The van der Waals surface area contributed by atoms with Gasteiger partial charge in [-0.1, -0.05) is 23.7 Å². The highest BCUT2D eigenvalue weighted by Crippen LogP contribution is 2.21. The number of thioether (sulfide) groups is 1. The van der Waals surface area contributed by atoms with Crippen LogP contribution in [0.25, 0.3) is 6.08 Å². The van der Waals surface area contributed by atoms with Crippen LogP contribution in [0.5, 0.6) is 0 Å². The van der Waals surface area contributed by atoms with Crippen molar-refractivity contribution in [3.63, 3.8) is 0 Å². The molecule has 0 atom stereocenters. The van der Waals surface area contributed by atoms with Crippen molar-refractivity contribution in [1.29, 1.82) is 0 Å². The molecule has 0 bridgehead atoms. The molecule has 5 heteroatoms. The number of carbonyl (C=O) groups excluding carboxylic acids is 2. The molecule has 76 valence electrons. The summed E-state index contributed by atoms with van der Waals surface area (Å²) in [5, 5.41) is 2.51. The Morgan fingerprint density at radius 3 is 2.40 bits per heavy atom. The van der Waals surface area contributed by atoms with Crippen LogP contribution in [-0.2, 0) is 4.79 Å². The number of hydrogen-bond donors (Lipinski definition) is 1. The average molecular weight is 240 g/mol. The summed E-state index contributed by atoms with van der Waals surface area (Å²) in [5.41, 5.74) is 1.14. The van der Waals surface area contributed by atoms with Crippen LogP contribution in [0.4, 0.5) is 4.79 Å². The number of benzene rings is 1. The van der Waals surface area contributed by atoms with Crippen LogP contribution in [0.1, 0.15) is 5.56 Å². The Hall–Kier alpha value is -1.26. The molecule has 1 saturated heterocycles. The average Bonchev–Trinajstić information content (AvgIpc) is 2.49. The lowest BCUT2D eigenvalue weighted by molar-refractivity contribution is -0.107. The normalized spacial score (nSPS) is 18.3. The van der Waals surface area contributed by atoms with Gasteiger partial charge < -0.3 is 5.32 Å². The topological polar surface area (TPSA) is 46.2 Å². The number of amides is 1. The van der Waals surface area contributed by atoms with E-state index in [1.807, 2.05) is 0 Å². The molecule has 1 aromatic carbocycles. The first-order chi connectivity index (χ1) is 7.15. The van der Waals surface area contributed by atoms with E-state index in [1.54, 1.807) is 30.3 Å². The van der Waals surface area contributed by atoms with E-state index in [0.717, 1.165) is 5.56 Å². The zero-order valence-corrected chi connectivity index (χ0v) is 9.06. The SMILES string of the molecule is O=C1NC(=Cc2ccc(Cl)cc2)C(=O)S1.